The monoisotopic (exact) mass is 381 g/mol. The van der Waals surface area contributed by atoms with Crippen LogP contribution in [0.2, 0.25) is 5.02 Å². The Labute approximate surface area is 162 Å². The number of nitrogens with one attached hydrogen (secondary N) is 1. The van der Waals surface area contributed by atoms with Crippen LogP contribution in [0.4, 0.5) is 0 Å². The van der Waals surface area contributed by atoms with E-state index in [4.69, 9.17) is 21.1 Å². The highest BCUT2D eigenvalue weighted by Gasteiger charge is 2.21. The van der Waals surface area contributed by atoms with Crippen LogP contribution < -0.4 is 5.32 Å². The summed E-state index contributed by atoms with van der Waals surface area (Å²) in [5.41, 5.74) is 1.21. The van der Waals surface area contributed by atoms with E-state index in [2.05, 4.69) is 21.3 Å². The molecule has 6 heteroatoms. The van der Waals surface area contributed by atoms with E-state index in [1.165, 1.54) is 5.56 Å². The van der Waals surface area contributed by atoms with Crippen molar-refractivity contribution < 1.29 is 9.47 Å². The molecule has 5 nitrogen and oxygen atoms in total. The van der Waals surface area contributed by atoms with Crippen molar-refractivity contribution >= 4 is 17.6 Å². The lowest BCUT2D eigenvalue weighted by molar-refractivity contribution is 0.00991. The number of methoxy groups -OCH3 is 1. The van der Waals surface area contributed by atoms with E-state index in [1.807, 2.05) is 25.2 Å². The van der Waals surface area contributed by atoms with Crippen LogP contribution in [0, 0.1) is 0 Å². The number of hydrogen-bond donors (Lipinski definition) is 1. The van der Waals surface area contributed by atoms with Crippen LogP contribution in [0.3, 0.4) is 0 Å². The zero-order chi connectivity index (χ0) is 18.6. The normalized spacial score (nSPS) is 16.1. The summed E-state index contributed by atoms with van der Waals surface area (Å²) in [4.78, 5) is 6.76. The second-order valence-corrected chi connectivity index (χ2v) is 6.98. The van der Waals surface area contributed by atoms with Gasteiger partial charge in [-0.1, -0.05) is 29.8 Å². The van der Waals surface area contributed by atoms with Crippen molar-refractivity contribution in [3.8, 4) is 0 Å². The summed E-state index contributed by atoms with van der Waals surface area (Å²) in [6, 6.07) is 8.05. The molecule has 0 aliphatic carbocycles. The molecule has 0 spiro atoms. The summed E-state index contributed by atoms with van der Waals surface area (Å²) in [6.45, 7) is 4.42. The van der Waals surface area contributed by atoms with Crippen molar-refractivity contribution in [1.29, 1.82) is 0 Å². The average molecular weight is 382 g/mol. The van der Waals surface area contributed by atoms with Crippen LogP contribution in [-0.2, 0) is 15.9 Å². The average Bonchev–Trinajstić information content (AvgIpc) is 2.67. The Hall–Kier alpha value is -1.30. The predicted octanol–water partition coefficient (Wildman–Crippen LogP) is 3.37. The lowest BCUT2D eigenvalue weighted by atomic mass is 10.1. The van der Waals surface area contributed by atoms with Gasteiger partial charge in [0.25, 0.3) is 0 Å². The van der Waals surface area contributed by atoms with E-state index in [0.717, 1.165) is 75.9 Å². The van der Waals surface area contributed by atoms with E-state index < -0.39 is 0 Å². The zero-order valence-electron chi connectivity index (χ0n) is 16.0. The molecular formula is C20H32ClN3O2. The molecule has 1 heterocycles. The van der Waals surface area contributed by atoms with Crippen molar-refractivity contribution in [2.75, 3.05) is 47.0 Å². The second kappa shape index (κ2) is 12.2. The zero-order valence-corrected chi connectivity index (χ0v) is 16.8. The number of ether oxygens (including phenoxy) is 2. The van der Waals surface area contributed by atoms with Gasteiger partial charge in [0.1, 0.15) is 0 Å². The minimum atomic E-state index is 0.362. The first-order valence-corrected chi connectivity index (χ1v) is 9.92. The van der Waals surface area contributed by atoms with E-state index in [9.17, 15) is 0 Å². The minimum absolute atomic E-state index is 0.362. The number of guanidine groups is 1. The fraction of sp³-hybridized carbons (Fsp3) is 0.650. The van der Waals surface area contributed by atoms with E-state index in [-0.39, 0.29) is 0 Å². The molecular weight excluding hydrogens is 350 g/mol. The maximum absolute atomic E-state index is 6.21. The number of likely N-dealkylation sites (tertiary alicyclic amines) is 1. The van der Waals surface area contributed by atoms with E-state index >= 15 is 0 Å². The molecule has 0 atom stereocenters. The van der Waals surface area contributed by atoms with Gasteiger partial charge in [0.15, 0.2) is 5.96 Å². The number of halogens is 1. The number of rotatable bonds is 9. The molecule has 2 rings (SSSR count). The Balaban J connectivity index is 1.64. The fourth-order valence-corrected chi connectivity index (χ4v) is 3.43. The Morgan fingerprint density at radius 1 is 1.23 bits per heavy atom. The smallest absolute Gasteiger partial charge is 0.193 e. The van der Waals surface area contributed by atoms with Crippen molar-refractivity contribution in [3.63, 3.8) is 0 Å². The van der Waals surface area contributed by atoms with Gasteiger partial charge in [-0.25, -0.2) is 0 Å². The summed E-state index contributed by atoms with van der Waals surface area (Å²) in [5.74, 6) is 0.988. The molecule has 26 heavy (non-hydrogen) atoms. The molecule has 1 aliphatic heterocycles. The third-order valence-electron chi connectivity index (χ3n) is 4.66. The standard InChI is InChI=1S/C20H32ClN3O2/c1-22-20(23-12-5-8-17-7-3-4-9-19(17)21)24-13-10-18(11-14-24)26-16-6-15-25-2/h3-4,7,9,18H,5-6,8,10-16H2,1-2H3,(H,22,23). The summed E-state index contributed by atoms with van der Waals surface area (Å²) in [5, 5.41) is 4.33. The summed E-state index contributed by atoms with van der Waals surface area (Å²) >= 11 is 6.21. The van der Waals surface area contributed by atoms with Crippen molar-refractivity contribution in [2.45, 2.75) is 38.2 Å². The molecule has 1 aromatic carbocycles. The molecule has 1 N–H and O–H groups in total. The summed E-state index contributed by atoms with van der Waals surface area (Å²) < 4.78 is 11.0. The number of aryl methyl sites for hydroxylation is 1. The lowest BCUT2D eigenvalue weighted by Crippen LogP contribution is -2.47. The molecule has 1 aromatic rings. The molecule has 0 bridgehead atoms. The van der Waals surface area contributed by atoms with E-state index in [1.54, 1.807) is 7.11 Å². The number of benzene rings is 1. The molecule has 146 valence electrons. The van der Waals surface area contributed by atoms with Crippen LogP contribution in [-0.4, -0.2) is 64.0 Å². The quantitative estimate of drug-likeness (QED) is 0.404. The number of hydrogen-bond acceptors (Lipinski definition) is 3. The maximum Gasteiger partial charge on any atom is 0.193 e. The molecule has 1 saturated heterocycles. The minimum Gasteiger partial charge on any atom is -0.385 e. The first-order valence-electron chi connectivity index (χ1n) is 9.54. The predicted molar refractivity (Wildman–Crippen MR) is 108 cm³/mol. The van der Waals surface area contributed by atoms with Gasteiger partial charge in [0, 0.05) is 52.0 Å². The Morgan fingerprint density at radius 2 is 2.00 bits per heavy atom. The van der Waals surface area contributed by atoms with Gasteiger partial charge in [-0.3, -0.25) is 4.99 Å². The Bertz CT molecular complexity index is 546. The summed E-state index contributed by atoms with van der Waals surface area (Å²) in [7, 11) is 3.58. The van der Waals surface area contributed by atoms with Gasteiger partial charge in [-0.05, 0) is 43.7 Å². The highest BCUT2D eigenvalue weighted by molar-refractivity contribution is 6.31. The van der Waals surface area contributed by atoms with Gasteiger partial charge < -0.3 is 19.7 Å². The largest absolute Gasteiger partial charge is 0.385 e. The van der Waals surface area contributed by atoms with Gasteiger partial charge in [-0.15, -0.1) is 0 Å². The van der Waals surface area contributed by atoms with Crippen molar-refractivity contribution in [1.82, 2.24) is 10.2 Å². The van der Waals surface area contributed by atoms with E-state index in [0.29, 0.717) is 6.10 Å². The van der Waals surface area contributed by atoms with Crippen LogP contribution in [0.15, 0.2) is 29.3 Å². The van der Waals surface area contributed by atoms with Crippen LogP contribution in [0.1, 0.15) is 31.2 Å². The highest BCUT2D eigenvalue weighted by atomic mass is 35.5. The number of aliphatic imine (C=N–C) groups is 1. The Morgan fingerprint density at radius 3 is 2.69 bits per heavy atom. The second-order valence-electron chi connectivity index (χ2n) is 6.57. The van der Waals surface area contributed by atoms with Crippen molar-refractivity contribution in [3.05, 3.63) is 34.9 Å². The SMILES string of the molecule is CN=C(NCCCc1ccccc1Cl)N1CCC(OCCCOC)CC1. The molecule has 0 aromatic heterocycles. The maximum atomic E-state index is 6.21. The molecule has 0 saturated carbocycles. The highest BCUT2D eigenvalue weighted by Crippen LogP contribution is 2.16. The third kappa shape index (κ3) is 7.14. The van der Waals surface area contributed by atoms with Gasteiger partial charge in [0.2, 0.25) is 0 Å². The number of nitrogens with zero attached hydrogens (tertiary/aromatic N) is 2. The van der Waals surface area contributed by atoms with Gasteiger partial charge in [0.05, 0.1) is 6.10 Å². The Kier molecular flexibility index (Phi) is 9.82. The first-order chi connectivity index (χ1) is 12.7. The van der Waals surface area contributed by atoms with Gasteiger partial charge in [-0.2, -0.15) is 0 Å². The van der Waals surface area contributed by atoms with Crippen molar-refractivity contribution in [2.24, 2.45) is 4.99 Å². The third-order valence-corrected chi connectivity index (χ3v) is 5.03. The topological polar surface area (TPSA) is 46.1 Å². The van der Waals surface area contributed by atoms with Crippen LogP contribution in [0.5, 0.6) is 0 Å². The molecule has 1 fully saturated rings. The molecule has 0 amide bonds. The lowest BCUT2D eigenvalue weighted by Gasteiger charge is -2.34. The first kappa shape index (κ1) is 21.0. The fourth-order valence-electron chi connectivity index (χ4n) is 3.20. The number of piperidine rings is 1. The summed E-state index contributed by atoms with van der Waals surface area (Å²) in [6.07, 6.45) is 5.43. The molecule has 0 unspecified atom stereocenters. The van der Waals surface area contributed by atoms with Crippen LogP contribution in [0.25, 0.3) is 0 Å². The molecule has 1 aliphatic rings. The van der Waals surface area contributed by atoms with Gasteiger partial charge >= 0.3 is 0 Å². The van der Waals surface area contributed by atoms with Crippen LogP contribution >= 0.6 is 11.6 Å². The molecule has 0 radical (unpaired) electrons.